The molecule has 1 amide bonds. The predicted molar refractivity (Wildman–Crippen MR) is 107 cm³/mol. The number of nitrogens with zero attached hydrogens (tertiary/aromatic N) is 2. The van der Waals surface area contributed by atoms with E-state index in [-0.39, 0.29) is 5.91 Å². The highest BCUT2D eigenvalue weighted by Gasteiger charge is 2.32. The van der Waals surface area contributed by atoms with Crippen LogP contribution in [0.5, 0.6) is 5.75 Å². The van der Waals surface area contributed by atoms with E-state index in [0.29, 0.717) is 39.0 Å². The number of amides is 1. The zero-order valence-corrected chi connectivity index (χ0v) is 16.3. The largest absolute Gasteiger partial charge is 0.495 e. The van der Waals surface area contributed by atoms with Crippen LogP contribution in [0.15, 0.2) is 51.7 Å². The second-order valence-corrected chi connectivity index (χ2v) is 7.50. The number of furan rings is 1. The minimum atomic E-state index is -0.214. The van der Waals surface area contributed by atoms with E-state index in [0.717, 1.165) is 5.75 Å². The van der Waals surface area contributed by atoms with Crippen LogP contribution >= 0.6 is 23.4 Å². The Morgan fingerprint density at radius 2 is 2.19 bits per heavy atom. The van der Waals surface area contributed by atoms with Gasteiger partial charge in [0, 0.05) is 11.8 Å². The topological polar surface area (TPSA) is 55.0 Å². The van der Waals surface area contributed by atoms with Gasteiger partial charge in [-0.05, 0) is 36.2 Å². The minimum absolute atomic E-state index is 0.214. The third-order valence-corrected chi connectivity index (χ3v) is 5.25. The van der Waals surface area contributed by atoms with Gasteiger partial charge in [-0.2, -0.15) is 0 Å². The lowest BCUT2D eigenvalue weighted by molar-refractivity contribution is -0.113. The Labute approximate surface area is 161 Å². The molecule has 1 aliphatic heterocycles. The first-order chi connectivity index (χ1) is 12.5. The average Bonchev–Trinajstić information content (AvgIpc) is 3.22. The van der Waals surface area contributed by atoms with E-state index >= 15 is 0 Å². The summed E-state index contributed by atoms with van der Waals surface area (Å²) in [5.74, 6) is 2.24. The van der Waals surface area contributed by atoms with Gasteiger partial charge in [0.25, 0.3) is 5.91 Å². The van der Waals surface area contributed by atoms with Crippen molar-refractivity contribution in [2.24, 2.45) is 10.9 Å². The number of hydrogen-bond acceptors (Lipinski definition) is 5. The molecule has 2 heterocycles. The zero-order valence-electron chi connectivity index (χ0n) is 14.7. The number of thioether (sulfide) groups is 1. The van der Waals surface area contributed by atoms with Crippen molar-refractivity contribution in [2.75, 3.05) is 17.8 Å². The summed E-state index contributed by atoms with van der Waals surface area (Å²) in [5.41, 5.74) is 0.983. The van der Waals surface area contributed by atoms with Gasteiger partial charge in [-0.15, -0.1) is 0 Å². The summed E-state index contributed by atoms with van der Waals surface area (Å²) >= 11 is 7.78. The highest BCUT2D eigenvalue weighted by Crippen LogP contribution is 2.34. The molecule has 0 saturated carbocycles. The number of amidine groups is 1. The molecule has 1 aromatic heterocycles. The highest BCUT2D eigenvalue weighted by atomic mass is 35.5. The number of anilines is 1. The quantitative estimate of drug-likeness (QED) is 0.668. The number of hydrogen-bond donors (Lipinski definition) is 0. The third kappa shape index (κ3) is 3.97. The maximum atomic E-state index is 13.0. The fraction of sp³-hybridized carbons (Fsp3) is 0.263. The smallest absolute Gasteiger partial charge is 0.283 e. The lowest BCUT2D eigenvalue weighted by Gasteiger charge is -2.19. The molecule has 0 spiro atoms. The van der Waals surface area contributed by atoms with Gasteiger partial charge in [0.1, 0.15) is 17.2 Å². The van der Waals surface area contributed by atoms with Crippen molar-refractivity contribution in [3.8, 4) is 5.75 Å². The summed E-state index contributed by atoms with van der Waals surface area (Å²) in [6, 6.07) is 8.79. The zero-order chi connectivity index (χ0) is 18.7. The van der Waals surface area contributed by atoms with Crippen LogP contribution in [-0.2, 0) is 4.79 Å². The van der Waals surface area contributed by atoms with E-state index in [2.05, 4.69) is 18.8 Å². The Balaban J connectivity index is 1.97. The molecular weight excluding hydrogens is 372 g/mol. The molecule has 0 N–H and O–H groups in total. The Hall–Kier alpha value is -2.18. The predicted octanol–water partition coefficient (Wildman–Crippen LogP) is 5.07. The summed E-state index contributed by atoms with van der Waals surface area (Å²) < 4.78 is 10.5. The Kier molecular flexibility index (Phi) is 5.74. The SMILES string of the molecule is COc1ccc(N2C(=O)/C(=C\c3ccco3)N=C2SCC(C)C)cc1Cl. The summed E-state index contributed by atoms with van der Waals surface area (Å²) in [4.78, 5) is 19.1. The number of ether oxygens (including phenoxy) is 1. The fourth-order valence-electron chi connectivity index (χ4n) is 2.36. The van der Waals surface area contributed by atoms with E-state index in [4.69, 9.17) is 20.8 Å². The van der Waals surface area contributed by atoms with Crippen LogP contribution in [0.3, 0.4) is 0 Å². The number of carbonyl (C=O) groups is 1. The maximum Gasteiger partial charge on any atom is 0.283 e. The number of rotatable bonds is 5. The number of methoxy groups -OCH3 is 1. The third-order valence-electron chi connectivity index (χ3n) is 3.59. The van der Waals surface area contributed by atoms with E-state index in [1.54, 1.807) is 66.4 Å². The van der Waals surface area contributed by atoms with Gasteiger partial charge in [-0.1, -0.05) is 37.2 Å². The molecule has 1 aromatic carbocycles. The number of benzene rings is 1. The van der Waals surface area contributed by atoms with E-state index in [9.17, 15) is 4.79 Å². The lowest BCUT2D eigenvalue weighted by atomic mass is 10.2. The molecule has 136 valence electrons. The molecule has 0 atom stereocenters. The first-order valence-electron chi connectivity index (χ1n) is 8.14. The Morgan fingerprint density at radius 3 is 2.81 bits per heavy atom. The molecule has 7 heteroatoms. The summed E-state index contributed by atoms with van der Waals surface area (Å²) in [5, 5.41) is 1.07. The first kappa shape index (κ1) is 18.6. The van der Waals surface area contributed by atoms with Gasteiger partial charge in [0.2, 0.25) is 0 Å². The van der Waals surface area contributed by atoms with Gasteiger partial charge in [0.05, 0.1) is 24.1 Å². The van der Waals surface area contributed by atoms with Crippen molar-refractivity contribution in [3.63, 3.8) is 0 Å². The van der Waals surface area contributed by atoms with Crippen LogP contribution in [0.1, 0.15) is 19.6 Å². The molecule has 5 nitrogen and oxygen atoms in total. The first-order valence-corrected chi connectivity index (χ1v) is 9.50. The highest BCUT2D eigenvalue weighted by molar-refractivity contribution is 8.14. The molecule has 0 saturated heterocycles. The lowest BCUT2D eigenvalue weighted by Crippen LogP contribution is -2.30. The molecule has 1 aliphatic rings. The molecule has 0 bridgehead atoms. The summed E-state index contributed by atoms with van der Waals surface area (Å²) in [6.45, 7) is 4.25. The number of aliphatic imine (C=N–C) groups is 1. The van der Waals surface area contributed by atoms with Gasteiger partial charge in [-0.3, -0.25) is 9.69 Å². The molecule has 2 aromatic rings. The van der Waals surface area contributed by atoms with Crippen LogP contribution in [0.25, 0.3) is 6.08 Å². The second-order valence-electron chi connectivity index (χ2n) is 6.10. The standard InChI is InChI=1S/C19H19ClN2O3S/c1-12(2)11-26-19-21-16(10-14-5-4-8-25-14)18(23)22(19)13-6-7-17(24-3)15(20)9-13/h4-10,12H,11H2,1-3H3/b16-10+. The molecule has 0 fully saturated rings. The van der Waals surface area contributed by atoms with Gasteiger partial charge < -0.3 is 9.15 Å². The van der Waals surface area contributed by atoms with Crippen molar-refractivity contribution in [1.29, 1.82) is 0 Å². The van der Waals surface area contributed by atoms with Crippen LogP contribution in [0.2, 0.25) is 5.02 Å². The minimum Gasteiger partial charge on any atom is -0.495 e. The number of carbonyl (C=O) groups excluding carboxylic acids is 1. The van der Waals surface area contributed by atoms with Crippen molar-refractivity contribution in [1.82, 2.24) is 0 Å². The fourth-order valence-corrected chi connectivity index (χ4v) is 3.58. The number of halogens is 1. The van der Waals surface area contributed by atoms with E-state index in [1.165, 1.54) is 0 Å². The van der Waals surface area contributed by atoms with Crippen molar-refractivity contribution in [2.45, 2.75) is 13.8 Å². The normalized spacial score (nSPS) is 15.9. The Morgan fingerprint density at radius 1 is 1.38 bits per heavy atom. The van der Waals surface area contributed by atoms with Crippen molar-refractivity contribution in [3.05, 3.63) is 53.1 Å². The van der Waals surface area contributed by atoms with Gasteiger partial charge in [-0.25, -0.2) is 4.99 Å². The molecule has 0 aliphatic carbocycles. The maximum absolute atomic E-state index is 13.0. The molecule has 0 unspecified atom stereocenters. The Bertz CT molecular complexity index is 860. The molecule has 0 radical (unpaired) electrons. The van der Waals surface area contributed by atoms with Crippen LogP contribution in [0, 0.1) is 5.92 Å². The van der Waals surface area contributed by atoms with E-state index in [1.807, 2.05) is 0 Å². The molecule has 26 heavy (non-hydrogen) atoms. The second kappa shape index (κ2) is 8.01. The van der Waals surface area contributed by atoms with Crippen LogP contribution < -0.4 is 9.64 Å². The van der Waals surface area contributed by atoms with E-state index < -0.39 is 0 Å². The van der Waals surface area contributed by atoms with Crippen molar-refractivity contribution >= 4 is 46.2 Å². The molecule has 3 rings (SSSR count). The summed E-state index contributed by atoms with van der Waals surface area (Å²) in [7, 11) is 1.55. The van der Waals surface area contributed by atoms with Crippen LogP contribution in [-0.4, -0.2) is 23.9 Å². The van der Waals surface area contributed by atoms with Crippen LogP contribution in [0.4, 0.5) is 5.69 Å². The van der Waals surface area contributed by atoms with Crippen molar-refractivity contribution < 1.29 is 13.9 Å². The summed E-state index contributed by atoms with van der Waals surface area (Å²) in [6.07, 6.45) is 3.20. The monoisotopic (exact) mass is 390 g/mol. The average molecular weight is 391 g/mol. The van der Waals surface area contributed by atoms with Gasteiger partial charge in [0.15, 0.2) is 5.17 Å². The molecular formula is C19H19ClN2O3S. The van der Waals surface area contributed by atoms with Gasteiger partial charge >= 0.3 is 0 Å².